The maximum absolute atomic E-state index is 13.2. The fourth-order valence-electron chi connectivity index (χ4n) is 2.98. The number of benzene rings is 2. The van der Waals surface area contributed by atoms with E-state index in [9.17, 15) is 4.79 Å². The van der Waals surface area contributed by atoms with Gasteiger partial charge >= 0.3 is 0 Å². The second kappa shape index (κ2) is 9.67. The predicted octanol–water partition coefficient (Wildman–Crippen LogP) is 5.20. The molecule has 5 nitrogen and oxygen atoms in total. The van der Waals surface area contributed by atoms with Gasteiger partial charge in [0.05, 0.1) is 40.0 Å². The largest absolute Gasteiger partial charge is 0.493 e. The van der Waals surface area contributed by atoms with E-state index in [0.717, 1.165) is 10.4 Å². The molecule has 3 rings (SSSR count). The molecule has 0 unspecified atom stereocenters. The number of halogens is 1. The van der Waals surface area contributed by atoms with E-state index in [1.165, 1.54) is 0 Å². The third-order valence-electron chi connectivity index (χ3n) is 4.42. The van der Waals surface area contributed by atoms with Gasteiger partial charge in [0.1, 0.15) is 0 Å². The highest BCUT2D eigenvalue weighted by Crippen LogP contribution is 2.41. The van der Waals surface area contributed by atoms with Gasteiger partial charge in [-0.15, -0.1) is 11.3 Å². The Labute approximate surface area is 179 Å². The molecule has 0 bridgehead atoms. The van der Waals surface area contributed by atoms with Crippen LogP contribution in [0.2, 0.25) is 5.02 Å². The summed E-state index contributed by atoms with van der Waals surface area (Å²) in [4.78, 5) is 15.9. The SMILES string of the molecule is COc1cc(N(Cc2ccc(Cl)cc2)C(=O)Cc2cccs2)cc(OC)c1OC. The quantitative estimate of drug-likeness (QED) is 0.491. The first-order chi connectivity index (χ1) is 14.0. The smallest absolute Gasteiger partial charge is 0.232 e. The van der Waals surface area contributed by atoms with Gasteiger partial charge in [-0.1, -0.05) is 29.8 Å². The molecular formula is C22H22ClNO4S. The number of carbonyl (C=O) groups is 1. The number of rotatable bonds is 8. The molecule has 0 radical (unpaired) electrons. The zero-order valence-corrected chi connectivity index (χ0v) is 18.0. The third-order valence-corrected chi connectivity index (χ3v) is 5.55. The van der Waals surface area contributed by atoms with Crippen LogP contribution in [-0.4, -0.2) is 27.2 Å². The number of hydrogen-bond acceptors (Lipinski definition) is 5. The highest BCUT2D eigenvalue weighted by Gasteiger charge is 2.22. The summed E-state index contributed by atoms with van der Waals surface area (Å²) in [5.41, 5.74) is 1.62. The van der Waals surface area contributed by atoms with Crippen molar-refractivity contribution in [3.05, 3.63) is 69.4 Å². The van der Waals surface area contributed by atoms with Crippen LogP contribution >= 0.6 is 22.9 Å². The molecule has 1 heterocycles. The van der Waals surface area contributed by atoms with Crippen molar-refractivity contribution in [2.45, 2.75) is 13.0 Å². The van der Waals surface area contributed by atoms with Crippen molar-refractivity contribution in [3.8, 4) is 17.2 Å². The van der Waals surface area contributed by atoms with Crippen LogP contribution in [0.15, 0.2) is 53.9 Å². The van der Waals surface area contributed by atoms with Gasteiger partial charge in [-0.3, -0.25) is 4.79 Å². The van der Waals surface area contributed by atoms with E-state index >= 15 is 0 Å². The van der Waals surface area contributed by atoms with Crippen LogP contribution in [0.3, 0.4) is 0 Å². The Morgan fingerprint density at radius 1 is 1.00 bits per heavy atom. The topological polar surface area (TPSA) is 48.0 Å². The van der Waals surface area contributed by atoms with E-state index in [-0.39, 0.29) is 5.91 Å². The summed E-state index contributed by atoms with van der Waals surface area (Å²) in [6.07, 6.45) is 0.307. The minimum atomic E-state index is -0.0309. The molecule has 0 saturated carbocycles. The van der Waals surface area contributed by atoms with Crippen molar-refractivity contribution < 1.29 is 19.0 Å². The number of hydrogen-bond donors (Lipinski definition) is 0. The lowest BCUT2D eigenvalue weighted by molar-refractivity contribution is -0.118. The van der Waals surface area contributed by atoms with Crippen molar-refractivity contribution >= 4 is 34.5 Å². The van der Waals surface area contributed by atoms with E-state index < -0.39 is 0 Å². The van der Waals surface area contributed by atoms with Crippen LogP contribution in [0, 0.1) is 0 Å². The number of thiophene rings is 1. The molecular weight excluding hydrogens is 410 g/mol. The molecule has 29 heavy (non-hydrogen) atoms. The van der Waals surface area contributed by atoms with E-state index in [2.05, 4.69) is 0 Å². The molecule has 0 saturated heterocycles. The number of ether oxygens (including phenoxy) is 3. The number of methoxy groups -OCH3 is 3. The van der Waals surface area contributed by atoms with Crippen molar-refractivity contribution in [2.24, 2.45) is 0 Å². The second-order valence-electron chi connectivity index (χ2n) is 6.25. The summed E-state index contributed by atoms with van der Waals surface area (Å²) in [6.45, 7) is 0.389. The number of carbonyl (C=O) groups excluding carboxylic acids is 1. The first kappa shape index (κ1) is 21.0. The number of amides is 1. The molecule has 0 aliphatic heterocycles. The molecule has 2 aromatic carbocycles. The third kappa shape index (κ3) is 5.02. The Kier molecular flexibility index (Phi) is 7.01. The maximum Gasteiger partial charge on any atom is 0.232 e. The van der Waals surface area contributed by atoms with E-state index in [1.54, 1.807) is 49.7 Å². The Hall–Kier alpha value is -2.70. The zero-order valence-electron chi connectivity index (χ0n) is 16.5. The van der Waals surface area contributed by atoms with Crippen LogP contribution in [0.1, 0.15) is 10.4 Å². The molecule has 0 N–H and O–H groups in total. The average Bonchev–Trinajstić information content (AvgIpc) is 3.25. The maximum atomic E-state index is 13.2. The molecule has 0 aliphatic carbocycles. The van der Waals surface area contributed by atoms with Gasteiger partial charge in [-0.2, -0.15) is 0 Å². The van der Waals surface area contributed by atoms with Crippen LogP contribution in [0.5, 0.6) is 17.2 Å². The van der Waals surface area contributed by atoms with Crippen LogP contribution in [0.25, 0.3) is 0 Å². The standard InChI is InChI=1S/C22H22ClNO4S/c1-26-19-11-17(12-20(27-2)22(19)28-3)24(14-15-6-8-16(23)9-7-15)21(25)13-18-5-4-10-29-18/h4-12H,13-14H2,1-3H3. The summed E-state index contributed by atoms with van der Waals surface area (Å²) in [5, 5.41) is 2.61. The molecule has 0 fully saturated rings. The minimum Gasteiger partial charge on any atom is -0.493 e. The molecule has 1 amide bonds. The summed E-state index contributed by atoms with van der Waals surface area (Å²) < 4.78 is 16.3. The lowest BCUT2D eigenvalue weighted by Crippen LogP contribution is -2.31. The lowest BCUT2D eigenvalue weighted by atomic mass is 10.1. The summed E-state index contributed by atoms with van der Waals surface area (Å²) in [6, 6.07) is 14.9. The van der Waals surface area contributed by atoms with Crippen molar-refractivity contribution in [2.75, 3.05) is 26.2 Å². The van der Waals surface area contributed by atoms with Gasteiger partial charge in [0, 0.05) is 22.0 Å². The first-order valence-corrected chi connectivity index (χ1v) is 10.2. The van der Waals surface area contributed by atoms with E-state index in [1.807, 2.05) is 41.8 Å². The van der Waals surface area contributed by atoms with Gasteiger partial charge in [-0.25, -0.2) is 0 Å². The molecule has 1 aromatic heterocycles. The minimum absolute atomic E-state index is 0.0309. The first-order valence-electron chi connectivity index (χ1n) is 8.93. The molecule has 0 spiro atoms. The van der Waals surface area contributed by atoms with Gasteiger partial charge in [0.25, 0.3) is 0 Å². The van der Waals surface area contributed by atoms with E-state index in [4.69, 9.17) is 25.8 Å². The Balaban J connectivity index is 2.01. The molecule has 0 aliphatic rings. The highest BCUT2D eigenvalue weighted by molar-refractivity contribution is 7.10. The van der Waals surface area contributed by atoms with Crippen LogP contribution in [-0.2, 0) is 17.8 Å². The Bertz CT molecular complexity index is 932. The Morgan fingerprint density at radius 2 is 1.66 bits per heavy atom. The summed E-state index contributed by atoms with van der Waals surface area (Å²) in [7, 11) is 4.66. The predicted molar refractivity (Wildman–Crippen MR) is 117 cm³/mol. The molecule has 7 heteroatoms. The monoisotopic (exact) mass is 431 g/mol. The average molecular weight is 432 g/mol. The van der Waals surface area contributed by atoms with Crippen LogP contribution < -0.4 is 19.1 Å². The lowest BCUT2D eigenvalue weighted by Gasteiger charge is -2.25. The van der Waals surface area contributed by atoms with Gasteiger partial charge in [-0.05, 0) is 29.1 Å². The molecule has 3 aromatic rings. The van der Waals surface area contributed by atoms with Crippen molar-refractivity contribution in [3.63, 3.8) is 0 Å². The second-order valence-corrected chi connectivity index (χ2v) is 7.71. The van der Waals surface area contributed by atoms with Gasteiger partial charge in [0.15, 0.2) is 11.5 Å². The highest BCUT2D eigenvalue weighted by atomic mass is 35.5. The summed E-state index contributed by atoms with van der Waals surface area (Å²) >= 11 is 7.57. The Morgan fingerprint density at radius 3 is 2.17 bits per heavy atom. The normalized spacial score (nSPS) is 10.5. The number of anilines is 1. The number of nitrogens with zero attached hydrogens (tertiary/aromatic N) is 1. The zero-order chi connectivity index (χ0) is 20.8. The van der Waals surface area contributed by atoms with Gasteiger partial charge in [0.2, 0.25) is 11.7 Å². The van der Waals surface area contributed by atoms with Gasteiger partial charge < -0.3 is 19.1 Å². The van der Waals surface area contributed by atoms with E-state index in [0.29, 0.717) is 40.9 Å². The summed E-state index contributed by atoms with van der Waals surface area (Å²) in [5.74, 6) is 1.44. The van der Waals surface area contributed by atoms with Crippen molar-refractivity contribution in [1.82, 2.24) is 0 Å². The van der Waals surface area contributed by atoms with Crippen LogP contribution in [0.4, 0.5) is 5.69 Å². The van der Waals surface area contributed by atoms with Crippen molar-refractivity contribution in [1.29, 1.82) is 0 Å². The molecule has 0 atom stereocenters. The molecule has 152 valence electrons. The fourth-order valence-corrected chi connectivity index (χ4v) is 3.80. The fraction of sp³-hybridized carbons (Fsp3) is 0.227.